The molecule has 3 amide bonds. The molecular weight excluding hydrogens is 1090 g/mol. The van der Waals surface area contributed by atoms with Crippen LogP contribution in [-0.2, 0) is 31.8 Å². The van der Waals surface area contributed by atoms with E-state index < -0.39 is 35.1 Å². The molecule has 11 rings (SSSR count). The van der Waals surface area contributed by atoms with E-state index in [2.05, 4.69) is 29.1 Å². The Hall–Kier alpha value is -8.42. The summed E-state index contributed by atoms with van der Waals surface area (Å²) in [6.07, 6.45) is 7.80. The van der Waals surface area contributed by atoms with E-state index in [0.29, 0.717) is 106 Å². The summed E-state index contributed by atoms with van der Waals surface area (Å²) in [6, 6.07) is 21.9. The summed E-state index contributed by atoms with van der Waals surface area (Å²) >= 11 is 0. The molecule has 3 aliphatic heterocycles. The molecule has 2 saturated heterocycles. The third-order valence-electron chi connectivity index (χ3n) is 15.8. The van der Waals surface area contributed by atoms with Crippen LogP contribution >= 0.6 is 0 Å². The fraction of sp³-hybridized carbons (Fsp3) is 0.391. The molecule has 0 saturated carbocycles. The zero-order valence-corrected chi connectivity index (χ0v) is 47.8. The van der Waals surface area contributed by atoms with Gasteiger partial charge in [0.1, 0.15) is 34.2 Å². The number of piperidine rings is 1. The van der Waals surface area contributed by atoms with Crippen LogP contribution in [0.2, 0.25) is 0 Å². The number of alkyl halides is 3. The molecule has 3 aromatic heterocycles. The number of halogens is 5. The fourth-order valence-corrected chi connectivity index (χ4v) is 11.1. The van der Waals surface area contributed by atoms with Crippen LogP contribution in [0.15, 0.2) is 118 Å². The summed E-state index contributed by atoms with van der Waals surface area (Å²) in [6.45, 7) is 12.2. The molecule has 1 unspecified atom stereocenters. The van der Waals surface area contributed by atoms with E-state index in [0.717, 1.165) is 30.5 Å². The monoisotopic (exact) mass is 1160 g/mol. The Balaban J connectivity index is 0.000000195. The summed E-state index contributed by atoms with van der Waals surface area (Å²) in [5.74, 6) is -3.14. The van der Waals surface area contributed by atoms with E-state index in [1.165, 1.54) is 26.4 Å². The van der Waals surface area contributed by atoms with Gasteiger partial charge in [0.15, 0.2) is 0 Å². The molecule has 6 heterocycles. The summed E-state index contributed by atoms with van der Waals surface area (Å²) in [7, 11) is 2.71. The molecule has 4 aliphatic rings. The number of carbonyl (C=O) groups excluding carboxylic acids is 4. The van der Waals surface area contributed by atoms with Crippen molar-refractivity contribution in [1.29, 1.82) is 0 Å². The number of para-hydroxylation sites is 1. The van der Waals surface area contributed by atoms with Gasteiger partial charge >= 0.3 is 18.2 Å². The van der Waals surface area contributed by atoms with Crippen LogP contribution in [0.5, 0.6) is 5.75 Å². The van der Waals surface area contributed by atoms with Gasteiger partial charge in [0.25, 0.3) is 0 Å². The minimum Gasteiger partial charge on any atom is -0.496 e. The highest BCUT2D eigenvalue weighted by atomic mass is 19.4. The Labute approximate surface area is 483 Å². The average Bonchev–Trinajstić information content (AvgIpc) is 1.83. The van der Waals surface area contributed by atoms with E-state index in [1.54, 1.807) is 51.0 Å². The second-order valence-corrected chi connectivity index (χ2v) is 22.9. The van der Waals surface area contributed by atoms with Gasteiger partial charge in [-0.3, -0.25) is 14.3 Å². The van der Waals surface area contributed by atoms with Crippen molar-refractivity contribution in [3.8, 4) is 28.0 Å². The van der Waals surface area contributed by atoms with Crippen LogP contribution < -0.4 is 9.64 Å². The number of fused-ring (bicyclic) bond motifs is 2. The van der Waals surface area contributed by atoms with E-state index in [9.17, 15) is 32.3 Å². The number of furan rings is 2. The molecule has 0 N–H and O–H groups in total. The van der Waals surface area contributed by atoms with Gasteiger partial charge < -0.3 is 42.6 Å². The number of amides is 3. The topological polar surface area (TPSA) is 153 Å². The lowest BCUT2D eigenvalue weighted by atomic mass is 9.87. The van der Waals surface area contributed by atoms with E-state index >= 15 is 8.78 Å². The highest BCUT2D eigenvalue weighted by Crippen LogP contribution is 2.45. The number of esters is 1. The third-order valence-corrected chi connectivity index (χ3v) is 15.8. The van der Waals surface area contributed by atoms with Gasteiger partial charge in [-0.1, -0.05) is 55.5 Å². The predicted octanol–water partition coefficient (Wildman–Crippen LogP) is 13.3. The second kappa shape index (κ2) is 24.0. The Bertz CT molecular complexity index is 3640. The van der Waals surface area contributed by atoms with Crippen molar-refractivity contribution in [2.45, 2.75) is 90.5 Å². The SMILES string of the molecule is COC(=O)c1cc2c(F)c(C3CCCN(C(=O)CCn4cccn4)C3)cc(-c3ccc(N4CCN(C(=O)OC(C)(C)C)CC4)cc3)c2o1.COc1ccccc1-c1cc(C2=CCCN(C(=O)CCC3(C)C=C3)C2)c(F)c2cc(C(F)(F)F)oc12. The van der Waals surface area contributed by atoms with Crippen LogP contribution in [-0.4, -0.2) is 121 Å². The maximum Gasteiger partial charge on any atom is 0.449 e. The number of hydrogen-bond donors (Lipinski definition) is 0. The highest BCUT2D eigenvalue weighted by Gasteiger charge is 2.38. The number of aryl methyl sites for hydroxylation is 1. The lowest BCUT2D eigenvalue weighted by Crippen LogP contribution is -2.50. The number of carbonyl (C=O) groups is 4. The standard InChI is InChI=1S/C36H42FN5O6.C28H25F4NO3/c1-36(2,3)48-35(45)40-19-17-39(18-20-40)26-10-8-24(9-11-26)28-21-27(32(37)29-22-30(34(44)46-4)47-33(28)29)25-7-5-14-41(23-25)31(43)12-16-42-15-6-13-38-42;1-27(11-12-27)10-9-24(34)33-13-5-6-17(16-33)19-14-20(18-7-3-4-8-22(18)35-2)26-21(25(19)29)15-23(36-26)28(30,31)32/h6,8-11,13,15,21-22,25H,5,7,12,14,16-20,23H2,1-4H3;3-4,6-8,11-12,14-15H,5,9-10,13,16H2,1-2H3. The number of nitrogens with zero attached hydrogens (tertiary/aromatic N) is 6. The number of likely N-dealkylation sites (tertiary alicyclic amines) is 1. The smallest absolute Gasteiger partial charge is 0.449 e. The lowest BCUT2D eigenvalue weighted by Gasteiger charge is -2.36. The zero-order chi connectivity index (χ0) is 59.7. The summed E-state index contributed by atoms with van der Waals surface area (Å²) in [4.78, 5) is 58.4. The fourth-order valence-electron chi connectivity index (χ4n) is 11.1. The Morgan fingerprint density at radius 3 is 2.14 bits per heavy atom. The summed E-state index contributed by atoms with van der Waals surface area (Å²) in [5, 5.41) is 4.12. The molecule has 0 radical (unpaired) electrons. The van der Waals surface area contributed by atoms with Gasteiger partial charge in [-0.15, -0.1) is 0 Å². The molecule has 2 fully saturated rings. The number of benzene rings is 4. The third kappa shape index (κ3) is 13.0. The number of ether oxygens (including phenoxy) is 3. The van der Waals surface area contributed by atoms with Crippen molar-refractivity contribution in [2.75, 3.05) is 71.5 Å². The van der Waals surface area contributed by atoms with Gasteiger partial charge in [0.2, 0.25) is 23.3 Å². The van der Waals surface area contributed by atoms with E-state index in [-0.39, 0.29) is 74.6 Å². The van der Waals surface area contributed by atoms with Gasteiger partial charge in [0, 0.05) is 129 Å². The van der Waals surface area contributed by atoms with Crippen molar-refractivity contribution in [1.82, 2.24) is 24.5 Å². The molecule has 4 aromatic carbocycles. The molecular formula is C64H67F5N6O9. The van der Waals surface area contributed by atoms with Crippen LogP contribution in [0.1, 0.15) is 99.6 Å². The summed E-state index contributed by atoms with van der Waals surface area (Å²) < 4.78 is 101. The Kier molecular flexibility index (Phi) is 16.8. The highest BCUT2D eigenvalue weighted by molar-refractivity contribution is 6.00. The number of aromatic nitrogens is 2. The van der Waals surface area contributed by atoms with Crippen molar-refractivity contribution < 1.29 is 64.2 Å². The van der Waals surface area contributed by atoms with E-state index in [4.69, 9.17) is 23.0 Å². The lowest BCUT2D eigenvalue weighted by molar-refractivity contribution is -0.152. The van der Waals surface area contributed by atoms with Gasteiger partial charge in [-0.25, -0.2) is 18.4 Å². The summed E-state index contributed by atoms with van der Waals surface area (Å²) in [5.41, 5.74) is 3.90. The number of methoxy groups -OCH3 is 2. The molecule has 84 heavy (non-hydrogen) atoms. The van der Waals surface area contributed by atoms with Gasteiger partial charge in [-0.2, -0.15) is 18.3 Å². The van der Waals surface area contributed by atoms with Crippen LogP contribution in [0, 0.1) is 17.0 Å². The first kappa shape index (κ1) is 58.8. The second-order valence-electron chi connectivity index (χ2n) is 22.9. The average molecular weight is 1160 g/mol. The van der Waals surface area contributed by atoms with Crippen LogP contribution in [0.25, 0.3) is 49.8 Å². The molecule has 1 atom stereocenters. The minimum atomic E-state index is -4.77. The van der Waals surface area contributed by atoms with Gasteiger partial charge in [0.05, 0.1) is 25.0 Å². The minimum absolute atomic E-state index is 0.00236. The first-order chi connectivity index (χ1) is 40.1. The molecule has 7 aromatic rings. The maximum absolute atomic E-state index is 16.3. The number of hydrogen-bond acceptors (Lipinski definition) is 11. The predicted molar refractivity (Wildman–Crippen MR) is 307 cm³/mol. The quantitative estimate of drug-likeness (QED) is 0.0616. The van der Waals surface area contributed by atoms with Crippen molar-refractivity contribution in [3.63, 3.8) is 0 Å². The molecule has 20 heteroatoms. The zero-order valence-electron chi connectivity index (χ0n) is 47.8. The molecule has 1 aliphatic carbocycles. The normalized spacial score (nSPS) is 17.0. The number of anilines is 1. The Morgan fingerprint density at radius 2 is 1.46 bits per heavy atom. The van der Waals surface area contributed by atoms with Crippen molar-refractivity contribution in [2.24, 2.45) is 5.41 Å². The van der Waals surface area contributed by atoms with Crippen molar-refractivity contribution >= 4 is 57.1 Å². The maximum atomic E-state index is 16.3. The van der Waals surface area contributed by atoms with Crippen LogP contribution in [0.3, 0.4) is 0 Å². The van der Waals surface area contributed by atoms with Crippen LogP contribution in [0.4, 0.5) is 32.4 Å². The van der Waals surface area contributed by atoms with Crippen molar-refractivity contribution in [3.05, 3.63) is 144 Å². The van der Waals surface area contributed by atoms with Gasteiger partial charge in [-0.05, 0) is 106 Å². The largest absolute Gasteiger partial charge is 0.496 e. The molecule has 0 spiro atoms. The first-order valence-corrected chi connectivity index (χ1v) is 28.2. The van der Waals surface area contributed by atoms with E-state index in [1.807, 2.05) is 68.3 Å². The number of piperazine rings is 1. The first-order valence-electron chi connectivity index (χ1n) is 28.2. The number of rotatable bonds is 13. The number of allylic oxidation sites excluding steroid dienone is 2. The molecule has 0 bridgehead atoms. The molecule has 15 nitrogen and oxygen atoms in total. The molecule has 442 valence electrons. The Morgan fingerprint density at radius 1 is 0.750 bits per heavy atom.